The molecule has 1 rings (SSSR count). The van der Waals surface area contributed by atoms with Crippen LogP contribution in [0.5, 0.6) is 0 Å². The maximum absolute atomic E-state index is 11.8. The molecule has 0 aromatic rings. The van der Waals surface area contributed by atoms with Crippen molar-refractivity contribution in [1.82, 2.24) is 5.32 Å². The van der Waals surface area contributed by atoms with E-state index in [4.69, 9.17) is 5.11 Å². The Morgan fingerprint density at radius 2 is 1.93 bits per heavy atom. The van der Waals surface area contributed by atoms with Crippen molar-refractivity contribution in [1.29, 1.82) is 0 Å². The van der Waals surface area contributed by atoms with Gasteiger partial charge < -0.3 is 10.4 Å². The van der Waals surface area contributed by atoms with Crippen LogP contribution < -0.4 is 5.32 Å². The molecule has 0 atom stereocenters. The molecule has 0 bridgehead atoms. The molecule has 1 aliphatic carbocycles. The van der Waals surface area contributed by atoms with Crippen LogP contribution >= 0.6 is 0 Å². The Labute approximate surface area is 92.3 Å². The summed E-state index contributed by atoms with van der Waals surface area (Å²) in [5.74, 6) is 0.817. The maximum Gasteiger partial charge on any atom is 0.136 e. The minimum Gasteiger partial charge on any atom is -0.395 e. The minimum absolute atomic E-state index is 0.177. The Kier molecular flexibility index (Phi) is 6.60. The molecular formula is C12H23NO2. The van der Waals surface area contributed by atoms with Crippen molar-refractivity contribution in [2.75, 3.05) is 19.7 Å². The first-order chi connectivity index (χ1) is 7.34. The summed E-state index contributed by atoms with van der Waals surface area (Å²) >= 11 is 0. The summed E-state index contributed by atoms with van der Waals surface area (Å²) in [6.45, 7) is 1.66. The molecule has 0 amide bonds. The standard InChI is InChI=1S/C12H23NO2/c14-10-9-13-8-4-7-12(15)11-5-2-1-3-6-11/h11,13-14H,1-10H2. The number of ketones is 1. The molecular weight excluding hydrogens is 190 g/mol. The molecule has 88 valence electrons. The fraction of sp³-hybridized carbons (Fsp3) is 0.917. The largest absolute Gasteiger partial charge is 0.395 e. The van der Waals surface area contributed by atoms with Crippen LogP contribution in [0.15, 0.2) is 0 Å². The van der Waals surface area contributed by atoms with E-state index < -0.39 is 0 Å². The van der Waals surface area contributed by atoms with Gasteiger partial charge in [0.2, 0.25) is 0 Å². The predicted octanol–water partition coefficient (Wildman–Crippen LogP) is 1.50. The molecule has 3 nitrogen and oxygen atoms in total. The van der Waals surface area contributed by atoms with Crippen molar-refractivity contribution in [3.05, 3.63) is 0 Å². The van der Waals surface area contributed by atoms with Crippen molar-refractivity contribution in [3.63, 3.8) is 0 Å². The van der Waals surface area contributed by atoms with Crippen LogP contribution in [0.25, 0.3) is 0 Å². The molecule has 2 N–H and O–H groups in total. The van der Waals surface area contributed by atoms with Gasteiger partial charge >= 0.3 is 0 Å². The van der Waals surface area contributed by atoms with Crippen LogP contribution in [0.4, 0.5) is 0 Å². The topological polar surface area (TPSA) is 49.3 Å². The fourth-order valence-corrected chi connectivity index (χ4v) is 2.22. The highest BCUT2D eigenvalue weighted by atomic mass is 16.3. The summed E-state index contributed by atoms with van der Waals surface area (Å²) in [6, 6.07) is 0. The van der Waals surface area contributed by atoms with E-state index in [1.807, 2.05) is 0 Å². The number of aliphatic hydroxyl groups excluding tert-OH is 1. The van der Waals surface area contributed by atoms with E-state index in [0.29, 0.717) is 24.7 Å². The molecule has 0 unspecified atom stereocenters. The van der Waals surface area contributed by atoms with Crippen LogP contribution in [0.1, 0.15) is 44.9 Å². The number of rotatable bonds is 7. The summed E-state index contributed by atoms with van der Waals surface area (Å²) in [4.78, 5) is 11.8. The predicted molar refractivity (Wildman–Crippen MR) is 60.8 cm³/mol. The van der Waals surface area contributed by atoms with Gasteiger partial charge in [-0.2, -0.15) is 0 Å². The molecule has 3 heteroatoms. The maximum atomic E-state index is 11.8. The van der Waals surface area contributed by atoms with Gasteiger partial charge in [-0.1, -0.05) is 19.3 Å². The normalized spacial score (nSPS) is 17.9. The van der Waals surface area contributed by atoms with Crippen molar-refractivity contribution < 1.29 is 9.90 Å². The number of nitrogens with one attached hydrogen (secondary N) is 1. The molecule has 0 heterocycles. The van der Waals surface area contributed by atoms with Gasteiger partial charge in [0.05, 0.1) is 6.61 Å². The van der Waals surface area contributed by atoms with Gasteiger partial charge in [0.1, 0.15) is 5.78 Å². The molecule has 1 fully saturated rings. The van der Waals surface area contributed by atoms with Gasteiger partial charge in [0.15, 0.2) is 0 Å². The quantitative estimate of drug-likeness (QED) is 0.630. The van der Waals surface area contributed by atoms with Crippen molar-refractivity contribution >= 4 is 5.78 Å². The second-order valence-corrected chi connectivity index (χ2v) is 4.38. The zero-order valence-electron chi connectivity index (χ0n) is 9.50. The third-order valence-electron chi connectivity index (χ3n) is 3.13. The van der Waals surface area contributed by atoms with Crippen LogP contribution in [-0.4, -0.2) is 30.6 Å². The smallest absolute Gasteiger partial charge is 0.136 e. The SMILES string of the molecule is O=C(CCCNCCO)C1CCCCC1. The summed E-state index contributed by atoms with van der Waals surface area (Å²) in [5.41, 5.74) is 0. The number of Topliss-reactive ketones (excluding diaryl/α,β-unsaturated/α-hetero) is 1. The zero-order chi connectivity index (χ0) is 10.9. The third kappa shape index (κ3) is 5.28. The number of hydrogen-bond donors (Lipinski definition) is 2. The van der Waals surface area contributed by atoms with E-state index in [0.717, 1.165) is 25.8 Å². The highest BCUT2D eigenvalue weighted by molar-refractivity contribution is 5.81. The summed E-state index contributed by atoms with van der Waals surface area (Å²) in [6.07, 6.45) is 7.63. The summed E-state index contributed by atoms with van der Waals surface area (Å²) < 4.78 is 0. The molecule has 15 heavy (non-hydrogen) atoms. The minimum atomic E-state index is 0.177. The zero-order valence-corrected chi connectivity index (χ0v) is 9.50. The van der Waals surface area contributed by atoms with E-state index in [1.54, 1.807) is 0 Å². The molecule has 0 aromatic heterocycles. The molecule has 0 aliphatic heterocycles. The Morgan fingerprint density at radius 1 is 1.20 bits per heavy atom. The van der Waals surface area contributed by atoms with Crippen LogP contribution in [-0.2, 0) is 4.79 Å². The average molecular weight is 213 g/mol. The average Bonchev–Trinajstić information content (AvgIpc) is 2.30. The van der Waals surface area contributed by atoms with E-state index in [9.17, 15) is 4.79 Å². The molecule has 0 aromatic carbocycles. The molecule has 0 spiro atoms. The van der Waals surface area contributed by atoms with Gasteiger partial charge in [-0.3, -0.25) is 4.79 Å². The lowest BCUT2D eigenvalue weighted by molar-refractivity contribution is -0.123. The monoisotopic (exact) mass is 213 g/mol. The Hall–Kier alpha value is -0.410. The first-order valence-corrected chi connectivity index (χ1v) is 6.19. The third-order valence-corrected chi connectivity index (χ3v) is 3.13. The molecule has 0 radical (unpaired) electrons. The highest BCUT2D eigenvalue weighted by Gasteiger charge is 2.19. The van der Waals surface area contributed by atoms with Gasteiger partial charge in [-0.15, -0.1) is 0 Å². The van der Waals surface area contributed by atoms with Gasteiger partial charge in [-0.05, 0) is 25.8 Å². The molecule has 1 aliphatic rings. The van der Waals surface area contributed by atoms with Crippen LogP contribution in [0, 0.1) is 5.92 Å². The summed E-state index contributed by atoms with van der Waals surface area (Å²) in [7, 11) is 0. The second-order valence-electron chi connectivity index (χ2n) is 4.38. The molecule has 1 saturated carbocycles. The molecule has 0 saturated heterocycles. The number of hydrogen-bond acceptors (Lipinski definition) is 3. The van der Waals surface area contributed by atoms with Crippen molar-refractivity contribution in [3.8, 4) is 0 Å². The lowest BCUT2D eigenvalue weighted by Crippen LogP contribution is -2.22. The Bertz CT molecular complexity index is 176. The highest BCUT2D eigenvalue weighted by Crippen LogP contribution is 2.25. The van der Waals surface area contributed by atoms with Gasteiger partial charge in [-0.25, -0.2) is 0 Å². The van der Waals surface area contributed by atoms with Gasteiger partial charge in [0.25, 0.3) is 0 Å². The first-order valence-electron chi connectivity index (χ1n) is 6.19. The van der Waals surface area contributed by atoms with Crippen molar-refractivity contribution in [2.45, 2.75) is 44.9 Å². The number of carbonyl (C=O) groups is 1. The lowest BCUT2D eigenvalue weighted by atomic mass is 9.85. The van der Waals surface area contributed by atoms with Gasteiger partial charge in [0, 0.05) is 18.9 Å². The van der Waals surface area contributed by atoms with Crippen molar-refractivity contribution in [2.24, 2.45) is 5.92 Å². The van der Waals surface area contributed by atoms with E-state index in [2.05, 4.69) is 5.32 Å². The Morgan fingerprint density at radius 3 is 2.60 bits per heavy atom. The van der Waals surface area contributed by atoms with E-state index in [-0.39, 0.29) is 6.61 Å². The lowest BCUT2D eigenvalue weighted by Gasteiger charge is -2.20. The fourth-order valence-electron chi connectivity index (χ4n) is 2.22. The van der Waals surface area contributed by atoms with Crippen LogP contribution in [0.2, 0.25) is 0 Å². The summed E-state index contributed by atoms with van der Waals surface area (Å²) in [5, 5.41) is 11.6. The second kappa shape index (κ2) is 7.83. The number of aliphatic hydroxyl groups is 1. The van der Waals surface area contributed by atoms with Crippen LogP contribution in [0.3, 0.4) is 0 Å². The number of carbonyl (C=O) groups excluding carboxylic acids is 1. The first kappa shape index (κ1) is 12.7. The van der Waals surface area contributed by atoms with E-state index in [1.165, 1.54) is 19.3 Å². The van der Waals surface area contributed by atoms with E-state index >= 15 is 0 Å². The Balaban J connectivity index is 2.02.